The Morgan fingerprint density at radius 1 is 1.33 bits per heavy atom. The molecule has 2 aromatic carbocycles. The van der Waals surface area contributed by atoms with Crippen LogP contribution in [0.25, 0.3) is 0 Å². The molecular formula is C16H16BrFN2S. The molecule has 0 saturated heterocycles. The normalized spacial score (nSPS) is 18.5. The quantitative estimate of drug-likeness (QED) is 0.637. The minimum Gasteiger partial charge on any atom is -0.271 e. The van der Waals surface area contributed by atoms with Gasteiger partial charge in [-0.25, -0.2) is 4.39 Å². The monoisotopic (exact) mass is 366 g/mol. The molecule has 2 nitrogen and oxygen atoms in total. The van der Waals surface area contributed by atoms with Crippen LogP contribution in [0, 0.1) is 5.82 Å². The van der Waals surface area contributed by atoms with Crippen LogP contribution in [0.3, 0.4) is 0 Å². The molecule has 2 unspecified atom stereocenters. The maximum Gasteiger partial charge on any atom is 0.124 e. The van der Waals surface area contributed by atoms with Gasteiger partial charge in [-0.15, -0.1) is 11.8 Å². The molecule has 0 radical (unpaired) electrons. The predicted octanol–water partition coefficient (Wildman–Crippen LogP) is 3.85. The van der Waals surface area contributed by atoms with Gasteiger partial charge in [0, 0.05) is 27.1 Å². The summed E-state index contributed by atoms with van der Waals surface area (Å²) in [5, 5.41) is 0. The molecule has 0 aromatic heterocycles. The van der Waals surface area contributed by atoms with E-state index in [0.29, 0.717) is 12.3 Å². The van der Waals surface area contributed by atoms with Crippen molar-refractivity contribution in [3.8, 4) is 0 Å². The molecule has 2 atom stereocenters. The molecule has 0 bridgehead atoms. The number of rotatable bonds is 4. The number of benzene rings is 2. The fraction of sp³-hybridized carbons (Fsp3) is 0.250. The summed E-state index contributed by atoms with van der Waals surface area (Å²) in [6, 6.07) is 13.5. The Labute approximate surface area is 136 Å². The van der Waals surface area contributed by atoms with E-state index in [4.69, 9.17) is 5.84 Å². The number of nitrogens with one attached hydrogen (secondary N) is 1. The van der Waals surface area contributed by atoms with Gasteiger partial charge in [0.1, 0.15) is 5.82 Å². The summed E-state index contributed by atoms with van der Waals surface area (Å²) < 4.78 is 14.3. The number of fused-ring (bicyclic) bond motifs is 1. The summed E-state index contributed by atoms with van der Waals surface area (Å²) in [6.07, 6.45) is 0.701. The molecule has 0 aliphatic carbocycles. The molecule has 21 heavy (non-hydrogen) atoms. The van der Waals surface area contributed by atoms with Crippen molar-refractivity contribution in [3.05, 3.63) is 63.9 Å². The van der Waals surface area contributed by atoms with Crippen molar-refractivity contribution in [2.45, 2.75) is 23.3 Å². The molecule has 0 amide bonds. The Bertz CT molecular complexity index is 630. The largest absolute Gasteiger partial charge is 0.271 e. The smallest absolute Gasteiger partial charge is 0.124 e. The topological polar surface area (TPSA) is 38.0 Å². The number of thioether (sulfide) groups is 1. The minimum absolute atomic E-state index is 0.0925. The van der Waals surface area contributed by atoms with Crippen LogP contribution >= 0.6 is 27.7 Å². The highest BCUT2D eigenvalue weighted by atomic mass is 79.9. The van der Waals surface area contributed by atoms with Crippen LogP contribution in [0.1, 0.15) is 17.0 Å². The molecule has 110 valence electrons. The lowest BCUT2D eigenvalue weighted by Gasteiger charge is -2.23. The van der Waals surface area contributed by atoms with Crippen molar-refractivity contribution in [1.82, 2.24) is 5.43 Å². The van der Waals surface area contributed by atoms with Crippen LogP contribution in [0.4, 0.5) is 4.39 Å². The maximum atomic E-state index is 13.5. The summed E-state index contributed by atoms with van der Waals surface area (Å²) in [5.74, 6) is 6.89. The van der Waals surface area contributed by atoms with Gasteiger partial charge in [-0.3, -0.25) is 11.3 Å². The zero-order valence-electron chi connectivity index (χ0n) is 11.4. The minimum atomic E-state index is -0.226. The van der Waals surface area contributed by atoms with Gasteiger partial charge in [0.25, 0.3) is 0 Å². The fourth-order valence-corrected chi connectivity index (χ4v) is 4.67. The second-order valence-electron chi connectivity index (χ2n) is 5.21. The number of hydrazine groups is 1. The number of halogens is 2. The molecule has 2 aromatic rings. The molecule has 0 fully saturated rings. The summed E-state index contributed by atoms with van der Waals surface area (Å²) >= 11 is 5.20. The lowest BCUT2D eigenvalue weighted by molar-refractivity contribution is 0.462. The van der Waals surface area contributed by atoms with Crippen LogP contribution in [0.5, 0.6) is 0 Å². The van der Waals surface area contributed by atoms with E-state index in [1.165, 1.54) is 16.5 Å². The van der Waals surface area contributed by atoms with Crippen molar-refractivity contribution >= 4 is 27.7 Å². The zero-order valence-corrected chi connectivity index (χ0v) is 13.8. The van der Waals surface area contributed by atoms with Crippen LogP contribution in [0.15, 0.2) is 51.8 Å². The molecule has 1 aliphatic rings. The first-order valence-corrected chi connectivity index (χ1v) is 8.58. The zero-order chi connectivity index (χ0) is 14.8. The average Bonchev–Trinajstić information content (AvgIpc) is 2.87. The second-order valence-corrected chi connectivity index (χ2v) is 7.19. The standard InChI is InChI=1S/C16H16BrFN2S/c17-11-5-10(6-12(18)8-11)7-15(20-19)14-9-21-16-4-2-1-3-13(14)16/h1-6,8,14-15,20H,7,9,19H2. The van der Waals surface area contributed by atoms with Crippen molar-refractivity contribution in [1.29, 1.82) is 0 Å². The van der Waals surface area contributed by atoms with Gasteiger partial charge in [0.2, 0.25) is 0 Å². The first kappa shape index (κ1) is 15.0. The Morgan fingerprint density at radius 2 is 2.14 bits per heavy atom. The van der Waals surface area contributed by atoms with Crippen molar-refractivity contribution in [2.75, 3.05) is 5.75 Å². The van der Waals surface area contributed by atoms with Crippen LogP contribution in [-0.4, -0.2) is 11.8 Å². The van der Waals surface area contributed by atoms with E-state index in [1.807, 2.05) is 17.8 Å². The molecule has 1 aliphatic heterocycles. The Kier molecular flexibility index (Phi) is 4.64. The fourth-order valence-electron chi connectivity index (χ4n) is 2.82. The highest BCUT2D eigenvalue weighted by Gasteiger charge is 2.29. The second kappa shape index (κ2) is 6.48. The molecule has 1 heterocycles. The molecule has 0 spiro atoms. The third-order valence-electron chi connectivity index (χ3n) is 3.81. The highest BCUT2D eigenvalue weighted by molar-refractivity contribution is 9.10. The van der Waals surface area contributed by atoms with Crippen LogP contribution in [-0.2, 0) is 6.42 Å². The highest BCUT2D eigenvalue weighted by Crippen LogP contribution is 2.41. The van der Waals surface area contributed by atoms with Gasteiger partial charge in [0.15, 0.2) is 0 Å². The van der Waals surface area contributed by atoms with Crippen LogP contribution < -0.4 is 11.3 Å². The lowest BCUT2D eigenvalue weighted by atomic mass is 9.89. The van der Waals surface area contributed by atoms with Gasteiger partial charge < -0.3 is 0 Å². The average molecular weight is 367 g/mol. The first-order valence-electron chi connectivity index (χ1n) is 6.80. The molecule has 0 saturated carbocycles. The van der Waals surface area contributed by atoms with Crippen molar-refractivity contribution in [2.24, 2.45) is 5.84 Å². The Balaban J connectivity index is 1.83. The van der Waals surface area contributed by atoms with E-state index in [0.717, 1.165) is 15.8 Å². The van der Waals surface area contributed by atoms with E-state index in [2.05, 4.69) is 45.6 Å². The maximum absolute atomic E-state index is 13.5. The third kappa shape index (κ3) is 3.31. The third-order valence-corrected chi connectivity index (χ3v) is 5.48. The molecular weight excluding hydrogens is 351 g/mol. The SMILES string of the molecule is NNC(Cc1cc(F)cc(Br)c1)C1CSc2ccccc21. The van der Waals surface area contributed by atoms with Gasteiger partial charge in [0.05, 0.1) is 0 Å². The van der Waals surface area contributed by atoms with Crippen molar-refractivity contribution in [3.63, 3.8) is 0 Å². The van der Waals surface area contributed by atoms with E-state index in [9.17, 15) is 4.39 Å². The Morgan fingerprint density at radius 3 is 2.90 bits per heavy atom. The van der Waals surface area contributed by atoms with Gasteiger partial charge in [-0.2, -0.15) is 0 Å². The van der Waals surface area contributed by atoms with Crippen molar-refractivity contribution < 1.29 is 4.39 Å². The van der Waals surface area contributed by atoms with Crippen LogP contribution in [0.2, 0.25) is 0 Å². The molecule has 3 N–H and O–H groups in total. The van der Waals surface area contributed by atoms with E-state index >= 15 is 0 Å². The summed E-state index contributed by atoms with van der Waals surface area (Å²) in [5.41, 5.74) is 5.20. The summed E-state index contributed by atoms with van der Waals surface area (Å²) in [4.78, 5) is 1.32. The molecule has 3 rings (SSSR count). The number of nitrogens with two attached hydrogens (primary N) is 1. The molecule has 5 heteroatoms. The number of hydrogen-bond donors (Lipinski definition) is 2. The summed E-state index contributed by atoms with van der Waals surface area (Å²) in [6.45, 7) is 0. The Hall–Kier alpha value is -0.880. The number of hydrogen-bond acceptors (Lipinski definition) is 3. The van der Waals surface area contributed by atoms with E-state index in [-0.39, 0.29) is 11.9 Å². The van der Waals surface area contributed by atoms with E-state index in [1.54, 1.807) is 6.07 Å². The van der Waals surface area contributed by atoms with Gasteiger partial charge in [-0.1, -0.05) is 34.1 Å². The van der Waals surface area contributed by atoms with Gasteiger partial charge >= 0.3 is 0 Å². The van der Waals surface area contributed by atoms with Gasteiger partial charge in [-0.05, 0) is 41.8 Å². The van der Waals surface area contributed by atoms with E-state index < -0.39 is 0 Å². The summed E-state index contributed by atoms with van der Waals surface area (Å²) in [7, 11) is 0. The lowest BCUT2D eigenvalue weighted by Crippen LogP contribution is -2.41. The first-order chi connectivity index (χ1) is 10.2. The predicted molar refractivity (Wildman–Crippen MR) is 88.8 cm³/mol.